The van der Waals surface area contributed by atoms with E-state index in [-0.39, 0.29) is 0 Å². The minimum atomic E-state index is 0.862. The molecule has 0 radical (unpaired) electrons. The van der Waals surface area contributed by atoms with Crippen LogP contribution in [0.3, 0.4) is 0 Å². The Morgan fingerprint density at radius 1 is 0.600 bits per heavy atom. The number of allylic oxidation sites excluding steroid dienone is 2. The van der Waals surface area contributed by atoms with Gasteiger partial charge in [0.1, 0.15) is 0 Å². The molecule has 0 fully saturated rings. The van der Waals surface area contributed by atoms with Crippen LogP contribution in [0.5, 0.6) is 0 Å². The Morgan fingerprint density at radius 3 is 1.40 bits per heavy atom. The summed E-state index contributed by atoms with van der Waals surface area (Å²) in [7, 11) is 4.17. The van der Waals surface area contributed by atoms with Crippen molar-refractivity contribution in [2.24, 2.45) is 5.73 Å². The molecule has 0 atom stereocenters. The van der Waals surface area contributed by atoms with E-state index in [9.17, 15) is 0 Å². The smallest absolute Gasteiger partial charge is 0.00275 e. The van der Waals surface area contributed by atoms with Crippen molar-refractivity contribution >= 4 is 0 Å². The Kier molecular flexibility index (Phi) is 27.8. The fourth-order valence-corrected chi connectivity index (χ4v) is 2.84. The van der Waals surface area contributed by atoms with Crippen LogP contribution in [0.2, 0.25) is 0 Å². The summed E-state index contributed by atoms with van der Waals surface area (Å²) in [6.07, 6.45) is 25.1. The van der Waals surface area contributed by atoms with Gasteiger partial charge in [-0.25, -0.2) is 0 Å². The predicted molar refractivity (Wildman–Crippen MR) is 117 cm³/mol. The Balaban J connectivity index is 0. The highest BCUT2D eigenvalue weighted by atomic mass is 15.0. The first kappa shape index (κ1) is 26.9. The van der Waals surface area contributed by atoms with Crippen LogP contribution in [0.25, 0.3) is 0 Å². The zero-order chi connectivity index (χ0) is 19.0. The summed E-state index contributed by atoms with van der Waals surface area (Å²) < 4.78 is 0. The molecule has 0 rings (SSSR count). The molecule has 152 valence electrons. The van der Waals surface area contributed by atoms with E-state index in [0.717, 1.165) is 6.54 Å². The predicted octanol–water partition coefficient (Wildman–Crippen LogP) is 6.94. The SMILES string of the molecule is CCCCCCCC/C=C\CCCCCCCCN.CCCN(C)C. The first-order valence-corrected chi connectivity index (χ1v) is 11.2. The minimum Gasteiger partial charge on any atom is -0.330 e. The average Bonchev–Trinajstić information content (AvgIpc) is 2.59. The van der Waals surface area contributed by atoms with Gasteiger partial charge in [-0.15, -0.1) is 0 Å². The van der Waals surface area contributed by atoms with Gasteiger partial charge >= 0.3 is 0 Å². The number of hydrogen-bond donors (Lipinski definition) is 1. The highest BCUT2D eigenvalue weighted by Crippen LogP contribution is 2.09. The minimum absolute atomic E-state index is 0.862. The first-order chi connectivity index (χ1) is 12.2. The van der Waals surface area contributed by atoms with Crippen molar-refractivity contribution < 1.29 is 0 Å². The zero-order valence-corrected chi connectivity index (χ0v) is 18.2. The van der Waals surface area contributed by atoms with Gasteiger partial charge in [0.05, 0.1) is 0 Å². The van der Waals surface area contributed by atoms with Crippen LogP contribution in [0.4, 0.5) is 0 Å². The second kappa shape index (κ2) is 25.9. The van der Waals surface area contributed by atoms with Crippen molar-refractivity contribution in [3.63, 3.8) is 0 Å². The highest BCUT2D eigenvalue weighted by Gasteiger charge is 1.90. The van der Waals surface area contributed by atoms with E-state index in [1.165, 1.54) is 103 Å². The second-order valence-electron chi connectivity index (χ2n) is 7.53. The molecule has 0 aliphatic heterocycles. The van der Waals surface area contributed by atoms with Crippen LogP contribution < -0.4 is 5.73 Å². The van der Waals surface area contributed by atoms with Crippen LogP contribution in [-0.2, 0) is 0 Å². The topological polar surface area (TPSA) is 29.3 Å². The molecule has 2 nitrogen and oxygen atoms in total. The molecule has 2 N–H and O–H groups in total. The molecule has 2 heteroatoms. The van der Waals surface area contributed by atoms with Crippen LogP contribution in [-0.4, -0.2) is 32.1 Å². The van der Waals surface area contributed by atoms with E-state index < -0.39 is 0 Å². The Bertz CT molecular complexity index is 236. The lowest BCUT2D eigenvalue weighted by Gasteiger charge is -2.03. The van der Waals surface area contributed by atoms with Gasteiger partial charge < -0.3 is 10.6 Å². The van der Waals surface area contributed by atoms with E-state index in [1.54, 1.807) is 0 Å². The largest absolute Gasteiger partial charge is 0.330 e. The summed E-state index contributed by atoms with van der Waals surface area (Å²) in [5.74, 6) is 0. The van der Waals surface area contributed by atoms with Gasteiger partial charge in [0.15, 0.2) is 0 Å². The maximum absolute atomic E-state index is 5.47. The van der Waals surface area contributed by atoms with Crippen molar-refractivity contribution in [2.45, 2.75) is 110 Å². The lowest BCUT2D eigenvalue weighted by Crippen LogP contribution is -2.11. The molecule has 25 heavy (non-hydrogen) atoms. The van der Waals surface area contributed by atoms with Gasteiger partial charge in [0, 0.05) is 0 Å². The van der Waals surface area contributed by atoms with Crippen LogP contribution >= 0.6 is 0 Å². The number of rotatable bonds is 17. The summed E-state index contributed by atoms with van der Waals surface area (Å²) in [5, 5.41) is 0. The summed E-state index contributed by atoms with van der Waals surface area (Å²) in [5.41, 5.74) is 5.47. The third-order valence-electron chi connectivity index (χ3n) is 4.39. The third kappa shape index (κ3) is 31.9. The third-order valence-corrected chi connectivity index (χ3v) is 4.39. The Labute approximate surface area is 160 Å². The van der Waals surface area contributed by atoms with Crippen LogP contribution in [0, 0.1) is 0 Å². The van der Waals surface area contributed by atoms with Gasteiger partial charge in [-0.05, 0) is 65.7 Å². The van der Waals surface area contributed by atoms with E-state index >= 15 is 0 Å². The molecule has 0 aliphatic carbocycles. The maximum Gasteiger partial charge on any atom is -0.00275 e. The molecule has 0 amide bonds. The molecule has 0 aromatic rings. The second-order valence-corrected chi connectivity index (χ2v) is 7.53. The normalized spacial score (nSPS) is 11.1. The lowest BCUT2D eigenvalue weighted by atomic mass is 10.1. The van der Waals surface area contributed by atoms with E-state index in [4.69, 9.17) is 5.73 Å². The molecular weight excluding hydrogens is 304 g/mol. The summed E-state index contributed by atoms with van der Waals surface area (Å²) in [6.45, 7) is 6.53. The van der Waals surface area contributed by atoms with Crippen molar-refractivity contribution in [3.8, 4) is 0 Å². The Morgan fingerprint density at radius 2 is 1.04 bits per heavy atom. The van der Waals surface area contributed by atoms with Gasteiger partial charge in [0.25, 0.3) is 0 Å². The van der Waals surface area contributed by atoms with Crippen LogP contribution in [0.1, 0.15) is 110 Å². The molecule has 0 saturated carbocycles. The molecule has 0 heterocycles. The maximum atomic E-state index is 5.47. The van der Waals surface area contributed by atoms with E-state index in [2.05, 4.69) is 45.0 Å². The fourth-order valence-electron chi connectivity index (χ4n) is 2.84. The highest BCUT2D eigenvalue weighted by molar-refractivity contribution is 4.81. The van der Waals surface area contributed by atoms with Gasteiger partial charge in [-0.3, -0.25) is 0 Å². The van der Waals surface area contributed by atoms with Gasteiger partial charge in [-0.2, -0.15) is 0 Å². The molecular formula is C23H50N2. The molecule has 0 saturated heterocycles. The zero-order valence-electron chi connectivity index (χ0n) is 18.2. The van der Waals surface area contributed by atoms with E-state index in [1.807, 2.05) is 0 Å². The molecule has 0 aromatic heterocycles. The summed E-state index contributed by atoms with van der Waals surface area (Å²) in [4.78, 5) is 2.18. The monoisotopic (exact) mass is 354 g/mol. The summed E-state index contributed by atoms with van der Waals surface area (Å²) in [6, 6.07) is 0. The van der Waals surface area contributed by atoms with E-state index in [0.29, 0.717) is 0 Å². The quantitative estimate of drug-likeness (QED) is 0.226. The Hall–Kier alpha value is -0.340. The van der Waals surface area contributed by atoms with Crippen molar-refractivity contribution in [1.82, 2.24) is 4.90 Å². The molecule has 0 aromatic carbocycles. The fraction of sp³-hybridized carbons (Fsp3) is 0.913. The number of unbranched alkanes of at least 4 members (excludes halogenated alkanes) is 12. The number of nitrogens with zero attached hydrogens (tertiary/aromatic N) is 1. The number of nitrogens with two attached hydrogens (primary N) is 1. The van der Waals surface area contributed by atoms with Crippen molar-refractivity contribution in [3.05, 3.63) is 12.2 Å². The molecule has 0 aliphatic rings. The van der Waals surface area contributed by atoms with Gasteiger partial charge in [-0.1, -0.05) is 83.8 Å². The molecule has 0 spiro atoms. The van der Waals surface area contributed by atoms with Gasteiger partial charge in [0.2, 0.25) is 0 Å². The first-order valence-electron chi connectivity index (χ1n) is 11.2. The molecule has 0 bridgehead atoms. The summed E-state index contributed by atoms with van der Waals surface area (Å²) >= 11 is 0. The molecule has 0 unspecified atom stereocenters. The average molecular weight is 355 g/mol. The van der Waals surface area contributed by atoms with Crippen LogP contribution in [0.15, 0.2) is 12.2 Å². The van der Waals surface area contributed by atoms with Crippen molar-refractivity contribution in [1.29, 1.82) is 0 Å². The lowest BCUT2D eigenvalue weighted by molar-refractivity contribution is 0.408. The standard InChI is InChI=1S/C18H37N.C5H13N/c1-2-3-4-5-6-7-8-9-10-11-12-13-14-15-16-17-18-19;1-4-5-6(2)3/h9-10H,2-8,11-19H2,1H3;4-5H2,1-3H3/b10-9-;. The van der Waals surface area contributed by atoms with Crippen molar-refractivity contribution in [2.75, 3.05) is 27.2 Å². The number of hydrogen-bond acceptors (Lipinski definition) is 2.